The number of pyridine rings is 1. The van der Waals surface area contributed by atoms with Crippen LogP contribution in [0.15, 0.2) is 36.7 Å². The van der Waals surface area contributed by atoms with E-state index in [0.29, 0.717) is 11.4 Å². The van der Waals surface area contributed by atoms with Crippen molar-refractivity contribution in [1.29, 1.82) is 0 Å². The molecule has 0 aliphatic carbocycles. The Hall–Kier alpha value is -3.10. The fourth-order valence-corrected chi connectivity index (χ4v) is 2.26. The summed E-state index contributed by atoms with van der Waals surface area (Å²) in [5.41, 5.74) is 0.333. The third-order valence-corrected chi connectivity index (χ3v) is 3.70. The van der Waals surface area contributed by atoms with Crippen LogP contribution in [0.4, 0.5) is 13.6 Å². The molecular weight excluding hydrogens is 320 g/mol. The maximum atomic E-state index is 13.8. The standard InChI is InChI=1S/C15H13F2N5O2/c1-15(2,11-6-8-22(20-11)14(23)24)10-5-7-21(19-10)9-3-4-12(16)18-13(9)17/h3-8H,1-2H3,(H,23,24). The maximum absolute atomic E-state index is 13.8. The predicted octanol–water partition coefficient (Wildman–Crippen LogP) is 2.59. The van der Waals surface area contributed by atoms with Crippen molar-refractivity contribution in [2.75, 3.05) is 0 Å². The first-order chi connectivity index (χ1) is 11.3. The number of nitrogens with zero attached hydrogens (tertiary/aromatic N) is 5. The van der Waals surface area contributed by atoms with Crippen molar-refractivity contribution < 1.29 is 18.7 Å². The Morgan fingerprint density at radius 3 is 2.38 bits per heavy atom. The molecule has 0 saturated carbocycles. The second-order valence-corrected chi connectivity index (χ2v) is 5.64. The Labute approximate surface area is 135 Å². The van der Waals surface area contributed by atoms with Gasteiger partial charge >= 0.3 is 6.09 Å². The van der Waals surface area contributed by atoms with Gasteiger partial charge in [0, 0.05) is 12.4 Å². The molecular formula is C15H13F2N5O2. The molecule has 0 amide bonds. The highest BCUT2D eigenvalue weighted by Gasteiger charge is 2.29. The van der Waals surface area contributed by atoms with E-state index in [9.17, 15) is 13.6 Å². The normalized spacial score (nSPS) is 11.7. The van der Waals surface area contributed by atoms with E-state index in [-0.39, 0.29) is 5.69 Å². The molecule has 3 aromatic heterocycles. The third kappa shape index (κ3) is 2.64. The summed E-state index contributed by atoms with van der Waals surface area (Å²) in [6.45, 7) is 3.63. The lowest BCUT2D eigenvalue weighted by atomic mass is 9.86. The van der Waals surface area contributed by atoms with Crippen molar-refractivity contribution >= 4 is 6.09 Å². The molecule has 0 radical (unpaired) electrons. The lowest BCUT2D eigenvalue weighted by Crippen LogP contribution is -2.22. The molecule has 0 atom stereocenters. The first-order valence-electron chi connectivity index (χ1n) is 6.97. The second kappa shape index (κ2) is 5.52. The lowest BCUT2D eigenvalue weighted by Gasteiger charge is -2.19. The first kappa shape index (κ1) is 15.8. The summed E-state index contributed by atoms with van der Waals surface area (Å²) in [5.74, 6) is -1.89. The van der Waals surface area contributed by atoms with Gasteiger partial charge in [0.25, 0.3) is 0 Å². The number of rotatable bonds is 3. The van der Waals surface area contributed by atoms with E-state index in [4.69, 9.17) is 5.11 Å². The van der Waals surface area contributed by atoms with Crippen LogP contribution in [0, 0.1) is 11.9 Å². The lowest BCUT2D eigenvalue weighted by molar-refractivity contribution is 0.192. The van der Waals surface area contributed by atoms with E-state index in [1.807, 2.05) is 13.8 Å². The minimum atomic E-state index is -1.19. The minimum absolute atomic E-state index is 0.00881. The summed E-state index contributed by atoms with van der Waals surface area (Å²) in [5, 5.41) is 17.2. The smallest absolute Gasteiger partial charge is 0.432 e. The largest absolute Gasteiger partial charge is 0.463 e. The molecule has 3 aromatic rings. The Kier molecular flexibility index (Phi) is 3.63. The quantitative estimate of drug-likeness (QED) is 0.745. The van der Waals surface area contributed by atoms with Gasteiger partial charge in [0.05, 0.1) is 16.8 Å². The monoisotopic (exact) mass is 333 g/mol. The molecule has 0 unspecified atom stereocenters. The summed E-state index contributed by atoms with van der Waals surface area (Å²) in [6.07, 6.45) is 1.66. The minimum Gasteiger partial charge on any atom is -0.463 e. The summed E-state index contributed by atoms with van der Waals surface area (Å²) in [4.78, 5) is 14.1. The molecule has 0 aliphatic rings. The van der Waals surface area contributed by atoms with Crippen molar-refractivity contribution in [3.05, 3.63) is 59.9 Å². The SMILES string of the molecule is CC(C)(c1ccn(C(=O)O)n1)c1ccn(-c2ccc(F)nc2F)n1. The van der Waals surface area contributed by atoms with Gasteiger partial charge in [-0.05, 0) is 38.1 Å². The molecule has 0 spiro atoms. The molecule has 7 nitrogen and oxygen atoms in total. The van der Waals surface area contributed by atoms with E-state index in [1.54, 1.807) is 12.1 Å². The molecule has 24 heavy (non-hydrogen) atoms. The van der Waals surface area contributed by atoms with Gasteiger partial charge in [-0.2, -0.15) is 28.6 Å². The summed E-state index contributed by atoms with van der Waals surface area (Å²) >= 11 is 0. The molecule has 0 aromatic carbocycles. The van der Waals surface area contributed by atoms with Crippen LogP contribution in [0.3, 0.4) is 0 Å². The van der Waals surface area contributed by atoms with E-state index < -0.39 is 23.4 Å². The number of halogens is 2. The number of carbonyl (C=O) groups is 1. The number of aromatic nitrogens is 5. The van der Waals surface area contributed by atoms with Crippen LogP contribution >= 0.6 is 0 Å². The molecule has 0 fully saturated rings. The fourth-order valence-electron chi connectivity index (χ4n) is 2.26. The highest BCUT2D eigenvalue weighted by atomic mass is 19.1. The highest BCUT2D eigenvalue weighted by molar-refractivity contribution is 5.66. The molecule has 124 valence electrons. The van der Waals surface area contributed by atoms with Gasteiger partial charge in [-0.15, -0.1) is 0 Å². The van der Waals surface area contributed by atoms with E-state index in [2.05, 4.69) is 15.2 Å². The van der Waals surface area contributed by atoms with Crippen LogP contribution in [-0.4, -0.2) is 35.7 Å². The third-order valence-electron chi connectivity index (χ3n) is 3.70. The Bertz CT molecular complexity index is 916. The number of hydrogen-bond donors (Lipinski definition) is 1. The highest BCUT2D eigenvalue weighted by Crippen LogP contribution is 2.29. The average Bonchev–Trinajstić information content (AvgIpc) is 3.17. The number of carboxylic acid groups (broad SMARTS) is 1. The molecule has 3 rings (SSSR count). The maximum Gasteiger partial charge on any atom is 0.432 e. The predicted molar refractivity (Wildman–Crippen MR) is 79.1 cm³/mol. The number of hydrogen-bond acceptors (Lipinski definition) is 4. The zero-order chi connectivity index (χ0) is 17.5. The van der Waals surface area contributed by atoms with Gasteiger partial charge in [0.1, 0.15) is 5.69 Å². The molecule has 1 N–H and O–H groups in total. The van der Waals surface area contributed by atoms with Crippen LogP contribution in [0.1, 0.15) is 25.2 Å². The zero-order valence-electron chi connectivity index (χ0n) is 12.8. The molecule has 9 heteroatoms. The van der Waals surface area contributed by atoms with Gasteiger partial charge in [-0.3, -0.25) is 0 Å². The van der Waals surface area contributed by atoms with E-state index in [1.165, 1.54) is 23.1 Å². The first-order valence-corrected chi connectivity index (χ1v) is 6.97. The Balaban J connectivity index is 1.97. The van der Waals surface area contributed by atoms with Crippen LogP contribution in [0.2, 0.25) is 0 Å². The van der Waals surface area contributed by atoms with Crippen LogP contribution in [0.5, 0.6) is 0 Å². The van der Waals surface area contributed by atoms with Crippen molar-refractivity contribution in [2.24, 2.45) is 0 Å². The summed E-state index contributed by atoms with van der Waals surface area (Å²) < 4.78 is 28.7. The zero-order valence-corrected chi connectivity index (χ0v) is 12.8. The molecule has 0 aliphatic heterocycles. The van der Waals surface area contributed by atoms with Crippen LogP contribution in [-0.2, 0) is 5.41 Å². The molecule has 0 saturated heterocycles. The van der Waals surface area contributed by atoms with Gasteiger partial charge in [-0.25, -0.2) is 9.48 Å². The van der Waals surface area contributed by atoms with Crippen molar-refractivity contribution in [3.63, 3.8) is 0 Å². The summed E-state index contributed by atoms with van der Waals surface area (Å²) in [7, 11) is 0. The summed E-state index contributed by atoms with van der Waals surface area (Å²) in [6, 6.07) is 5.51. The van der Waals surface area contributed by atoms with Crippen LogP contribution in [0.25, 0.3) is 5.69 Å². The van der Waals surface area contributed by atoms with Crippen molar-refractivity contribution in [3.8, 4) is 5.69 Å². The molecule has 3 heterocycles. The fraction of sp³-hybridized carbons (Fsp3) is 0.200. The topological polar surface area (TPSA) is 85.8 Å². The van der Waals surface area contributed by atoms with E-state index in [0.717, 1.165) is 10.7 Å². The van der Waals surface area contributed by atoms with Gasteiger partial charge in [-0.1, -0.05) is 0 Å². The van der Waals surface area contributed by atoms with Crippen LogP contribution < -0.4 is 0 Å². The Morgan fingerprint density at radius 2 is 1.75 bits per heavy atom. The van der Waals surface area contributed by atoms with Crippen molar-refractivity contribution in [1.82, 2.24) is 24.5 Å². The average molecular weight is 333 g/mol. The van der Waals surface area contributed by atoms with Gasteiger partial charge < -0.3 is 5.11 Å². The van der Waals surface area contributed by atoms with E-state index >= 15 is 0 Å². The molecule has 0 bridgehead atoms. The second-order valence-electron chi connectivity index (χ2n) is 5.64. The van der Waals surface area contributed by atoms with Gasteiger partial charge in [0.15, 0.2) is 0 Å². The van der Waals surface area contributed by atoms with Gasteiger partial charge in [0.2, 0.25) is 11.9 Å². The Morgan fingerprint density at radius 1 is 1.08 bits per heavy atom. The van der Waals surface area contributed by atoms with Crippen molar-refractivity contribution in [2.45, 2.75) is 19.3 Å².